The van der Waals surface area contributed by atoms with Crippen molar-refractivity contribution in [1.29, 1.82) is 0 Å². The minimum absolute atomic E-state index is 1.09. The largest absolute Gasteiger partial charge is 0.344 e. The smallest absolute Gasteiger partial charge is 0.215 e. The van der Waals surface area contributed by atoms with Gasteiger partial charge in [-0.3, -0.25) is 0 Å². The topological polar surface area (TPSA) is 3.24 Å². The molecule has 0 rings (SSSR count). The highest BCUT2D eigenvalue weighted by Gasteiger charge is 2.18. The van der Waals surface area contributed by atoms with E-state index in [-0.39, 0.29) is 0 Å². The van der Waals surface area contributed by atoms with Crippen LogP contribution in [0.1, 0.15) is 0 Å². The summed E-state index contributed by atoms with van der Waals surface area (Å²) in [4.78, 5) is 0. The van der Waals surface area contributed by atoms with Gasteiger partial charge in [0.2, 0.25) is 7.55 Å². The number of hydrogen-bond acceptors (Lipinski definition) is 1. The van der Waals surface area contributed by atoms with Gasteiger partial charge in [0.25, 0.3) is 0 Å². The lowest BCUT2D eigenvalue weighted by Gasteiger charge is -2.21. The molecule has 7 heavy (non-hydrogen) atoms. The SMILES string of the molecule is CN([SiH3])[Si](C)(C)Cl. The minimum atomic E-state index is -1.37. The molecule has 0 heterocycles. The molecule has 0 saturated carbocycles. The molecule has 0 aromatic heterocycles. The molecule has 44 valence electrons. The van der Waals surface area contributed by atoms with E-state index in [1.165, 1.54) is 0 Å². The van der Waals surface area contributed by atoms with E-state index in [9.17, 15) is 0 Å². The van der Waals surface area contributed by atoms with Crippen LogP contribution in [0, 0.1) is 0 Å². The molecular weight excluding hydrogens is 142 g/mol. The Hall–Kier alpha value is 0.684. The van der Waals surface area contributed by atoms with E-state index in [0.29, 0.717) is 0 Å². The Kier molecular flexibility index (Phi) is 2.53. The molecule has 0 saturated heterocycles. The maximum atomic E-state index is 5.97. The predicted molar refractivity (Wildman–Crippen MR) is 41.0 cm³/mol. The van der Waals surface area contributed by atoms with Gasteiger partial charge in [-0.2, -0.15) is 0 Å². The number of hydrogen-bond donors (Lipinski definition) is 0. The van der Waals surface area contributed by atoms with Gasteiger partial charge in [0.15, 0.2) is 0 Å². The predicted octanol–water partition coefficient (Wildman–Crippen LogP) is 0.139. The molecule has 0 aliphatic rings. The van der Waals surface area contributed by atoms with E-state index in [2.05, 4.69) is 24.4 Å². The quantitative estimate of drug-likeness (QED) is 0.383. The molecule has 0 aromatic carbocycles. The van der Waals surface area contributed by atoms with E-state index in [1.807, 2.05) is 0 Å². The van der Waals surface area contributed by atoms with Gasteiger partial charge in [-0.25, -0.2) is 0 Å². The van der Waals surface area contributed by atoms with Crippen molar-refractivity contribution in [2.45, 2.75) is 13.1 Å². The Bertz CT molecular complexity index is 58.4. The number of rotatable bonds is 1. The second-order valence-corrected chi connectivity index (χ2v) is 11.0. The average molecular weight is 154 g/mol. The van der Waals surface area contributed by atoms with Crippen molar-refractivity contribution in [3.8, 4) is 0 Å². The summed E-state index contributed by atoms with van der Waals surface area (Å²) in [7, 11) is 1.80. The molecule has 0 N–H and O–H groups in total. The lowest BCUT2D eigenvalue weighted by atomic mass is 11.6. The van der Waals surface area contributed by atoms with Crippen LogP contribution in [-0.4, -0.2) is 29.2 Å². The van der Waals surface area contributed by atoms with Gasteiger partial charge in [0.1, 0.15) is 0 Å². The van der Waals surface area contributed by atoms with Crippen LogP contribution in [-0.2, 0) is 0 Å². The Morgan fingerprint density at radius 3 is 1.71 bits per heavy atom. The molecule has 0 spiro atoms. The summed E-state index contributed by atoms with van der Waals surface area (Å²) in [6.45, 7) is 4.25. The Labute approximate surface area is 53.9 Å². The van der Waals surface area contributed by atoms with Gasteiger partial charge >= 0.3 is 0 Å². The van der Waals surface area contributed by atoms with Gasteiger partial charge in [0.05, 0.1) is 10.4 Å². The van der Waals surface area contributed by atoms with Crippen LogP contribution in [0.3, 0.4) is 0 Å². The van der Waals surface area contributed by atoms with Crippen LogP contribution >= 0.6 is 11.1 Å². The van der Waals surface area contributed by atoms with E-state index < -0.39 is 7.55 Å². The van der Waals surface area contributed by atoms with Gasteiger partial charge in [-0.05, 0) is 20.1 Å². The normalized spacial score (nSPS) is 13.3. The molecule has 1 nitrogen and oxygen atoms in total. The van der Waals surface area contributed by atoms with E-state index in [0.717, 1.165) is 10.4 Å². The summed E-state index contributed by atoms with van der Waals surface area (Å²) in [5.74, 6) is 0. The first-order valence-electron chi connectivity index (χ1n) is 2.31. The van der Waals surface area contributed by atoms with E-state index >= 15 is 0 Å². The summed E-state index contributed by atoms with van der Waals surface area (Å²) < 4.78 is 2.23. The Balaban J connectivity index is 3.54. The molecule has 0 aliphatic carbocycles. The summed E-state index contributed by atoms with van der Waals surface area (Å²) >= 11 is 5.97. The molecule has 0 fully saturated rings. The van der Waals surface area contributed by atoms with Gasteiger partial charge in [0, 0.05) is 0 Å². The lowest BCUT2D eigenvalue weighted by molar-refractivity contribution is 0.839. The third-order valence-electron chi connectivity index (χ3n) is 1.06. The fraction of sp³-hybridized carbons (Fsp3) is 1.00. The van der Waals surface area contributed by atoms with Gasteiger partial charge in [-0.1, -0.05) is 0 Å². The summed E-state index contributed by atoms with van der Waals surface area (Å²) in [6.07, 6.45) is 0. The fourth-order valence-corrected chi connectivity index (χ4v) is 0. The van der Waals surface area contributed by atoms with Crippen molar-refractivity contribution < 1.29 is 0 Å². The van der Waals surface area contributed by atoms with Crippen LogP contribution in [0.15, 0.2) is 0 Å². The first-order valence-corrected chi connectivity index (χ1v) is 7.16. The highest BCUT2D eigenvalue weighted by Crippen LogP contribution is 2.07. The Morgan fingerprint density at radius 1 is 1.57 bits per heavy atom. The first kappa shape index (κ1) is 7.68. The van der Waals surface area contributed by atoms with Gasteiger partial charge in [-0.15, -0.1) is 11.1 Å². The summed E-state index contributed by atoms with van der Waals surface area (Å²) in [5.41, 5.74) is 0. The van der Waals surface area contributed by atoms with Crippen molar-refractivity contribution in [2.24, 2.45) is 0 Å². The maximum Gasteiger partial charge on any atom is 0.215 e. The molecule has 0 amide bonds. The number of nitrogens with zero attached hydrogens (tertiary/aromatic N) is 1. The zero-order valence-corrected chi connectivity index (χ0v) is 9.08. The van der Waals surface area contributed by atoms with Gasteiger partial charge < -0.3 is 4.23 Å². The molecule has 0 unspecified atom stereocenters. The summed E-state index contributed by atoms with van der Waals surface area (Å²) in [5, 5.41) is 0. The standard InChI is InChI=1S/C3H12ClNSi2/c1-5(6)7(2,3)4/h1-3,6H3. The summed E-state index contributed by atoms with van der Waals surface area (Å²) in [6, 6.07) is 0. The molecule has 0 atom stereocenters. The van der Waals surface area contributed by atoms with Crippen molar-refractivity contribution >= 4 is 29.0 Å². The Morgan fingerprint density at radius 2 is 1.71 bits per heavy atom. The zero-order chi connectivity index (χ0) is 6.08. The van der Waals surface area contributed by atoms with Crippen LogP contribution < -0.4 is 0 Å². The monoisotopic (exact) mass is 153 g/mol. The van der Waals surface area contributed by atoms with Crippen LogP contribution in [0.4, 0.5) is 0 Å². The maximum absolute atomic E-state index is 5.97. The molecule has 0 radical (unpaired) electrons. The third-order valence-corrected chi connectivity index (χ3v) is 8.41. The fourth-order valence-electron chi connectivity index (χ4n) is 0. The van der Waals surface area contributed by atoms with Crippen molar-refractivity contribution in [2.75, 3.05) is 7.05 Å². The highest BCUT2D eigenvalue weighted by molar-refractivity contribution is 7.18. The van der Waals surface area contributed by atoms with Crippen molar-refractivity contribution in [3.05, 3.63) is 0 Å². The second kappa shape index (κ2) is 2.30. The van der Waals surface area contributed by atoms with Crippen molar-refractivity contribution in [1.82, 2.24) is 4.23 Å². The third kappa shape index (κ3) is 3.28. The molecule has 0 aliphatic heterocycles. The molecule has 0 aromatic rings. The average Bonchev–Trinajstić information content (AvgIpc) is 1.31. The minimum Gasteiger partial charge on any atom is -0.344 e. The van der Waals surface area contributed by atoms with E-state index in [4.69, 9.17) is 11.1 Å². The molecule has 0 bridgehead atoms. The van der Waals surface area contributed by atoms with Crippen LogP contribution in [0.2, 0.25) is 13.1 Å². The zero-order valence-electron chi connectivity index (χ0n) is 5.33. The molecular formula is C3H12ClNSi2. The van der Waals surface area contributed by atoms with Crippen LogP contribution in [0.25, 0.3) is 0 Å². The second-order valence-electron chi connectivity index (χ2n) is 2.30. The van der Waals surface area contributed by atoms with Crippen molar-refractivity contribution in [3.63, 3.8) is 0 Å². The van der Waals surface area contributed by atoms with E-state index in [1.54, 1.807) is 0 Å². The van der Waals surface area contributed by atoms with Crippen LogP contribution in [0.5, 0.6) is 0 Å². The molecule has 4 heteroatoms. The first-order chi connectivity index (χ1) is 2.94. The highest BCUT2D eigenvalue weighted by atomic mass is 35.6. The number of halogens is 1. The lowest BCUT2D eigenvalue weighted by Crippen LogP contribution is -2.38.